The third kappa shape index (κ3) is 2.21. The van der Waals surface area contributed by atoms with Crippen LogP contribution >= 0.6 is 0 Å². The highest BCUT2D eigenvalue weighted by atomic mass is 19.4. The van der Waals surface area contributed by atoms with Crippen LogP contribution in [0.5, 0.6) is 0 Å². The number of β-amino-alcohol motifs (C(OH)–C–C–N with tert-alkyl or cyclic N) is 1. The van der Waals surface area contributed by atoms with Gasteiger partial charge in [-0.05, 0) is 6.42 Å². The molecule has 2 aliphatic heterocycles. The largest absolute Gasteiger partial charge is 0.417 e. The second kappa shape index (κ2) is 4.32. The van der Waals surface area contributed by atoms with Crippen molar-refractivity contribution in [1.29, 1.82) is 0 Å². The van der Waals surface area contributed by atoms with Crippen LogP contribution in [-0.2, 0) is 4.79 Å². The van der Waals surface area contributed by atoms with E-state index in [2.05, 4.69) is 5.32 Å². The zero-order valence-electron chi connectivity index (χ0n) is 10.5. The van der Waals surface area contributed by atoms with Gasteiger partial charge in [0, 0.05) is 19.5 Å². The number of halogens is 3. The van der Waals surface area contributed by atoms with Crippen LogP contribution in [0.4, 0.5) is 13.2 Å². The Morgan fingerprint density at radius 1 is 1.53 bits per heavy atom. The summed E-state index contributed by atoms with van der Waals surface area (Å²) in [6.07, 6.45) is -7.04. The van der Waals surface area contributed by atoms with Gasteiger partial charge in [0.2, 0.25) is 5.91 Å². The van der Waals surface area contributed by atoms with Crippen molar-refractivity contribution < 1.29 is 28.2 Å². The zero-order valence-corrected chi connectivity index (χ0v) is 10.5. The topological polar surface area (TPSA) is 72.8 Å². The molecule has 2 heterocycles. The highest BCUT2D eigenvalue weighted by molar-refractivity contribution is 5.79. The Morgan fingerprint density at radius 2 is 2.16 bits per heavy atom. The Bertz CT molecular complexity index is 390. The number of piperidine rings is 1. The van der Waals surface area contributed by atoms with Crippen LogP contribution in [0.15, 0.2) is 0 Å². The number of fused-ring (bicyclic) bond motifs is 1. The molecule has 19 heavy (non-hydrogen) atoms. The predicted molar refractivity (Wildman–Crippen MR) is 59.0 cm³/mol. The Balaban J connectivity index is 2.36. The first-order chi connectivity index (χ1) is 8.63. The van der Waals surface area contributed by atoms with Gasteiger partial charge in [-0.3, -0.25) is 10.1 Å². The Labute approximate surface area is 108 Å². The number of alkyl halides is 3. The van der Waals surface area contributed by atoms with Gasteiger partial charge in [0.05, 0.1) is 18.2 Å². The van der Waals surface area contributed by atoms with Crippen LogP contribution in [0, 0.1) is 0 Å². The molecule has 2 fully saturated rings. The van der Waals surface area contributed by atoms with E-state index in [-0.39, 0.29) is 19.5 Å². The molecule has 2 aliphatic rings. The summed E-state index contributed by atoms with van der Waals surface area (Å²) in [5, 5.41) is 22.1. The SMILES string of the molecule is CC[C@]12C[C@](O)(C(F)(F)F)CC(=O)N1C[C@H](O)CN2. The molecular formula is C11H17F3N2O3. The maximum atomic E-state index is 12.9. The standard InChI is InChI=1S/C11H17F3N2O3/c1-2-10-6-9(19,11(12,13)14)3-8(18)16(10)5-7(17)4-15-10/h7,15,17,19H,2-6H2,1H3/t7-,9+,10-/m1/s1. The van der Waals surface area contributed by atoms with E-state index < -0.39 is 42.3 Å². The van der Waals surface area contributed by atoms with Gasteiger partial charge in [-0.1, -0.05) is 6.92 Å². The van der Waals surface area contributed by atoms with Crippen molar-refractivity contribution in [3.05, 3.63) is 0 Å². The number of aliphatic hydroxyl groups is 2. The van der Waals surface area contributed by atoms with E-state index in [1.807, 2.05) is 0 Å². The molecule has 1 amide bonds. The molecule has 0 saturated carbocycles. The van der Waals surface area contributed by atoms with Crippen molar-refractivity contribution in [2.75, 3.05) is 13.1 Å². The minimum absolute atomic E-state index is 0.00634. The summed E-state index contributed by atoms with van der Waals surface area (Å²) in [4.78, 5) is 13.1. The maximum Gasteiger partial charge on any atom is 0.417 e. The number of carbonyl (C=O) groups is 1. The van der Waals surface area contributed by atoms with Crippen molar-refractivity contribution in [2.24, 2.45) is 0 Å². The summed E-state index contributed by atoms with van der Waals surface area (Å²) in [6, 6.07) is 0. The van der Waals surface area contributed by atoms with Crippen LogP contribution in [0.1, 0.15) is 26.2 Å². The number of hydrogen-bond donors (Lipinski definition) is 3. The number of hydrogen-bond acceptors (Lipinski definition) is 4. The lowest BCUT2D eigenvalue weighted by Crippen LogP contribution is -2.75. The molecule has 110 valence electrons. The fourth-order valence-electron chi connectivity index (χ4n) is 2.88. The maximum absolute atomic E-state index is 12.9. The first-order valence-corrected chi connectivity index (χ1v) is 6.16. The smallest absolute Gasteiger partial charge is 0.390 e. The van der Waals surface area contributed by atoms with E-state index >= 15 is 0 Å². The second-order valence-corrected chi connectivity index (χ2v) is 5.31. The first kappa shape index (κ1) is 14.5. The van der Waals surface area contributed by atoms with E-state index in [4.69, 9.17) is 0 Å². The normalized spacial score (nSPS) is 40.2. The molecular weight excluding hydrogens is 265 g/mol. The lowest BCUT2D eigenvalue weighted by atomic mass is 9.78. The van der Waals surface area contributed by atoms with Gasteiger partial charge >= 0.3 is 6.18 Å². The third-order valence-corrected chi connectivity index (χ3v) is 4.02. The Morgan fingerprint density at radius 3 is 2.68 bits per heavy atom. The van der Waals surface area contributed by atoms with Crippen molar-refractivity contribution in [3.63, 3.8) is 0 Å². The molecule has 0 unspecified atom stereocenters. The molecule has 0 aromatic carbocycles. The average Bonchev–Trinajstić information content (AvgIpc) is 2.29. The number of rotatable bonds is 1. The number of nitrogens with one attached hydrogen (secondary N) is 1. The number of amides is 1. The molecule has 0 aromatic rings. The van der Waals surface area contributed by atoms with Gasteiger partial charge in [-0.25, -0.2) is 0 Å². The van der Waals surface area contributed by atoms with Crippen LogP contribution in [0.3, 0.4) is 0 Å². The molecule has 0 spiro atoms. The molecule has 0 aliphatic carbocycles. The van der Waals surface area contributed by atoms with Crippen molar-refractivity contribution in [3.8, 4) is 0 Å². The number of aliphatic hydroxyl groups excluding tert-OH is 1. The molecule has 5 nitrogen and oxygen atoms in total. The van der Waals surface area contributed by atoms with Gasteiger partial charge in [0.1, 0.15) is 0 Å². The van der Waals surface area contributed by atoms with E-state index in [1.54, 1.807) is 6.92 Å². The zero-order chi connectivity index (χ0) is 14.5. The number of carbonyl (C=O) groups excluding carboxylic acids is 1. The molecule has 3 atom stereocenters. The fraction of sp³-hybridized carbons (Fsp3) is 0.909. The van der Waals surface area contributed by atoms with Gasteiger partial charge in [0.25, 0.3) is 0 Å². The Hall–Kier alpha value is -0.860. The molecule has 2 rings (SSSR count). The third-order valence-electron chi connectivity index (χ3n) is 4.02. The summed E-state index contributed by atoms with van der Waals surface area (Å²) in [5.41, 5.74) is -4.25. The molecule has 8 heteroatoms. The van der Waals surface area contributed by atoms with E-state index in [9.17, 15) is 28.2 Å². The molecule has 0 bridgehead atoms. The lowest BCUT2D eigenvalue weighted by Gasteiger charge is -2.55. The monoisotopic (exact) mass is 282 g/mol. The molecule has 2 saturated heterocycles. The first-order valence-electron chi connectivity index (χ1n) is 6.16. The minimum Gasteiger partial charge on any atom is -0.390 e. The lowest BCUT2D eigenvalue weighted by molar-refractivity contribution is -0.285. The van der Waals surface area contributed by atoms with Crippen molar-refractivity contribution in [1.82, 2.24) is 10.2 Å². The summed E-state index contributed by atoms with van der Waals surface area (Å²) in [5.74, 6) is -0.792. The average molecular weight is 282 g/mol. The van der Waals surface area contributed by atoms with Gasteiger partial charge in [-0.15, -0.1) is 0 Å². The Kier molecular flexibility index (Phi) is 3.31. The summed E-state index contributed by atoms with van der Waals surface area (Å²) in [6.45, 7) is 1.74. The van der Waals surface area contributed by atoms with E-state index in [0.717, 1.165) is 0 Å². The molecule has 3 N–H and O–H groups in total. The number of nitrogens with zero attached hydrogens (tertiary/aromatic N) is 1. The quantitative estimate of drug-likeness (QED) is 0.631. The van der Waals surface area contributed by atoms with Gasteiger partial charge in [-0.2, -0.15) is 13.2 Å². The van der Waals surface area contributed by atoms with Gasteiger partial charge < -0.3 is 15.1 Å². The molecule has 0 radical (unpaired) electrons. The fourth-order valence-corrected chi connectivity index (χ4v) is 2.88. The minimum atomic E-state index is -4.85. The van der Waals surface area contributed by atoms with Crippen molar-refractivity contribution >= 4 is 5.91 Å². The summed E-state index contributed by atoms with van der Waals surface area (Å²) >= 11 is 0. The van der Waals surface area contributed by atoms with E-state index in [1.165, 1.54) is 4.90 Å². The second-order valence-electron chi connectivity index (χ2n) is 5.31. The van der Waals surface area contributed by atoms with Crippen LogP contribution < -0.4 is 5.32 Å². The predicted octanol–water partition coefficient (Wildman–Crippen LogP) is -0.0274. The highest BCUT2D eigenvalue weighted by Crippen LogP contribution is 2.45. The van der Waals surface area contributed by atoms with Crippen LogP contribution in [-0.4, -0.2) is 57.7 Å². The van der Waals surface area contributed by atoms with E-state index in [0.29, 0.717) is 0 Å². The summed E-state index contributed by atoms with van der Waals surface area (Å²) < 4.78 is 38.8. The van der Waals surface area contributed by atoms with Crippen molar-refractivity contribution in [2.45, 2.75) is 49.7 Å². The van der Waals surface area contributed by atoms with Gasteiger partial charge in [0.15, 0.2) is 5.60 Å². The summed E-state index contributed by atoms with van der Waals surface area (Å²) in [7, 11) is 0. The highest BCUT2D eigenvalue weighted by Gasteiger charge is 2.63. The van der Waals surface area contributed by atoms with Crippen LogP contribution in [0.2, 0.25) is 0 Å². The molecule has 0 aromatic heterocycles. The van der Waals surface area contributed by atoms with Crippen LogP contribution in [0.25, 0.3) is 0 Å².